The third-order valence-corrected chi connectivity index (χ3v) is 4.71. The van der Waals surface area contributed by atoms with Gasteiger partial charge in [-0.05, 0) is 51.0 Å². The Labute approximate surface area is 157 Å². The fourth-order valence-corrected chi connectivity index (χ4v) is 3.45. The van der Waals surface area contributed by atoms with Crippen LogP contribution < -0.4 is 5.32 Å². The van der Waals surface area contributed by atoms with Crippen LogP contribution in [0, 0.1) is 19.7 Å². The standard InChI is InChI=1S/C19H23FN4O3/c1-12-9-13(2)24(22-12)15-5-4-8-23(11-15)18(25)14-6-7-16(20)17(10-14)21-19(26)27-3/h6-7,9-10,15H,4-5,8,11H2,1-3H3,(H,21,26). The molecular formula is C19H23FN4O3. The van der Waals surface area contributed by atoms with Gasteiger partial charge < -0.3 is 9.64 Å². The number of carbonyl (C=O) groups is 2. The molecule has 1 aromatic heterocycles. The minimum Gasteiger partial charge on any atom is -0.453 e. The van der Waals surface area contributed by atoms with Crippen molar-refractivity contribution in [3.8, 4) is 0 Å². The van der Waals surface area contributed by atoms with Crippen LogP contribution in [0.15, 0.2) is 24.3 Å². The van der Waals surface area contributed by atoms with Gasteiger partial charge >= 0.3 is 6.09 Å². The second-order valence-electron chi connectivity index (χ2n) is 6.73. The van der Waals surface area contributed by atoms with Crippen molar-refractivity contribution in [1.82, 2.24) is 14.7 Å². The van der Waals surface area contributed by atoms with E-state index in [2.05, 4.69) is 15.2 Å². The molecule has 3 rings (SSSR count). The lowest BCUT2D eigenvalue weighted by molar-refractivity contribution is 0.0671. The van der Waals surface area contributed by atoms with Crippen LogP contribution in [0.5, 0.6) is 0 Å². The minimum atomic E-state index is -0.791. The quantitative estimate of drug-likeness (QED) is 0.894. The fraction of sp³-hybridized carbons (Fsp3) is 0.421. The number of ether oxygens (including phenoxy) is 1. The Hall–Kier alpha value is -2.90. The molecule has 2 amide bonds. The second-order valence-corrected chi connectivity index (χ2v) is 6.73. The zero-order valence-corrected chi connectivity index (χ0v) is 15.7. The summed E-state index contributed by atoms with van der Waals surface area (Å²) in [5.41, 5.74) is 2.25. The highest BCUT2D eigenvalue weighted by Gasteiger charge is 2.27. The molecule has 0 spiro atoms. The number of piperidine rings is 1. The molecule has 0 saturated carbocycles. The first kappa shape index (κ1) is 18.9. The molecule has 0 aliphatic carbocycles. The summed E-state index contributed by atoms with van der Waals surface area (Å²) in [6.45, 7) is 5.12. The Morgan fingerprint density at radius 3 is 2.74 bits per heavy atom. The van der Waals surface area contributed by atoms with E-state index in [1.165, 1.54) is 25.3 Å². The lowest BCUT2D eigenvalue weighted by atomic mass is 10.0. The number of amides is 2. The van der Waals surface area contributed by atoms with E-state index in [9.17, 15) is 14.0 Å². The first-order valence-electron chi connectivity index (χ1n) is 8.85. The number of nitrogens with one attached hydrogen (secondary N) is 1. The van der Waals surface area contributed by atoms with Gasteiger partial charge in [0.25, 0.3) is 5.91 Å². The minimum absolute atomic E-state index is 0.0835. The summed E-state index contributed by atoms with van der Waals surface area (Å²) in [4.78, 5) is 26.0. The predicted octanol–water partition coefficient (Wildman–Crippen LogP) is 3.29. The largest absolute Gasteiger partial charge is 0.453 e. The van der Waals surface area contributed by atoms with E-state index in [1.807, 2.05) is 24.6 Å². The number of rotatable bonds is 3. The smallest absolute Gasteiger partial charge is 0.411 e. The summed E-state index contributed by atoms with van der Waals surface area (Å²) in [7, 11) is 1.19. The van der Waals surface area contributed by atoms with E-state index in [0.29, 0.717) is 18.7 Å². The topological polar surface area (TPSA) is 76.5 Å². The lowest BCUT2D eigenvalue weighted by Gasteiger charge is -2.33. The maximum atomic E-state index is 13.9. The molecule has 0 radical (unpaired) electrons. The van der Waals surface area contributed by atoms with Crippen LogP contribution in [-0.4, -0.2) is 46.9 Å². The van der Waals surface area contributed by atoms with Crippen LogP contribution >= 0.6 is 0 Å². The van der Waals surface area contributed by atoms with E-state index >= 15 is 0 Å². The monoisotopic (exact) mass is 374 g/mol. The molecule has 1 atom stereocenters. The number of halogens is 1. The average Bonchev–Trinajstić information content (AvgIpc) is 3.01. The molecule has 1 aliphatic heterocycles. The number of aromatic nitrogens is 2. The third-order valence-electron chi connectivity index (χ3n) is 4.71. The molecule has 144 valence electrons. The highest BCUT2D eigenvalue weighted by molar-refractivity contribution is 5.96. The van der Waals surface area contributed by atoms with Crippen molar-refractivity contribution in [2.24, 2.45) is 0 Å². The molecule has 1 fully saturated rings. The van der Waals surface area contributed by atoms with Gasteiger partial charge in [-0.25, -0.2) is 9.18 Å². The maximum Gasteiger partial charge on any atom is 0.411 e. The van der Waals surface area contributed by atoms with Gasteiger partial charge in [-0.2, -0.15) is 5.10 Å². The summed E-state index contributed by atoms with van der Waals surface area (Å²) in [5.74, 6) is -0.828. The molecule has 8 heteroatoms. The normalized spacial score (nSPS) is 16.9. The zero-order valence-electron chi connectivity index (χ0n) is 15.7. The first-order chi connectivity index (χ1) is 12.9. The van der Waals surface area contributed by atoms with Crippen LogP contribution in [0.1, 0.15) is 40.6 Å². The molecule has 7 nitrogen and oxygen atoms in total. The van der Waals surface area contributed by atoms with E-state index < -0.39 is 11.9 Å². The summed E-state index contributed by atoms with van der Waals surface area (Å²) in [5, 5.41) is 6.82. The molecule has 1 N–H and O–H groups in total. The Morgan fingerprint density at radius 2 is 2.07 bits per heavy atom. The van der Waals surface area contributed by atoms with E-state index in [0.717, 1.165) is 24.2 Å². The van der Waals surface area contributed by atoms with Crippen LogP contribution in [0.2, 0.25) is 0 Å². The highest BCUT2D eigenvalue weighted by Crippen LogP contribution is 2.25. The molecule has 1 saturated heterocycles. The molecular weight excluding hydrogens is 351 g/mol. The number of nitrogens with zero attached hydrogens (tertiary/aromatic N) is 3. The molecule has 1 unspecified atom stereocenters. The van der Waals surface area contributed by atoms with Gasteiger partial charge in [-0.15, -0.1) is 0 Å². The highest BCUT2D eigenvalue weighted by atomic mass is 19.1. The first-order valence-corrected chi connectivity index (χ1v) is 8.85. The van der Waals surface area contributed by atoms with Gasteiger partial charge in [0.05, 0.1) is 24.5 Å². The maximum absolute atomic E-state index is 13.9. The summed E-state index contributed by atoms with van der Waals surface area (Å²) >= 11 is 0. The van der Waals surface area contributed by atoms with Crippen molar-refractivity contribution in [2.45, 2.75) is 32.7 Å². The summed E-state index contributed by atoms with van der Waals surface area (Å²) in [6, 6.07) is 6.06. The molecule has 0 bridgehead atoms. The number of aryl methyl sites for hydroxylation is 2. The van der Waals surface area contributed by atoms with Crippen molar-refractivity contribution >= 4 is 17.7 Å². The molecule has 2 aromatic rings. The average molecular weight is 374 g/mol. The Kier molecular flexibility index (Phi) is 5.43. The van der Waals surface area contributed by atoms with Crippen LogP contribution in [-0.2, 0) is 4.74 Å². The fourth-order valence-electron chi connectivity index (χ4n) is 3.45. The number of anilines is 1. The summed E-state index contributed by atoms with van der Waals surface area (Å²) < 4.78 is 20.4. The van der Waals surface area contributed by atoms with E-state index in [-0.39, 0.29) is 17.6 Å². The molecule has 1 aliphatic rings. The van der Waals surface area contributed by atoms with Crippen LogP contribution in [0.3, 0.4) is 0 Å². The number of likely N-dealkylation sites (tertiary alicyclic amines) is 1. The third kappa shape index (κ3) is 4.10. The van der Waals surface area contributed by atoms with E-state index in [4.69, 9.17) is 0 Å². The number of benzene rings is 1. The van der Waals surface area contributed by atoms with Gasteiger partial charge in [0.1, 0.15) is 5.82 Å². The Morgan fingerprint density at radius 1 is 1.30 bits per heavy atom. The summed E-state index contributed by atoms with van der Waals surface area (Å²) in [6.07, 6.45) is 1.02. The van der Waals surface area contributed by atoms with Gasteiger partial charge in [0.15, 0.2) is 0 Å². The number of hydrogen-bond donors (Lipinski definition) is 1. The number of methoxy groups -OCH3 is 1. The molecule has 1 aromatic carbocycles. The van der Waals surface area contributed by atoms with E-state index in [1.54, 1.807) is 4.90 Å². The zero-order chi connectivity index (χ0) is 19.6. The van der Waals surface area contributed by atoms with Gasteiger partial charge in [0.2, 0.25) is 0 Å². The second kappa shape index (κ2) is 7.77. The van der Waals surface area contributed by atoms with Gasteiger partial charge in [0, 0.05) is 24.3 Å². The van der Waals surface area contributed by atoms with Crippen LogP contribution in [0.4, 0.5) is 14.9 Å². The molecule has 2 heterocycles. The van der Waals surface area contributed by atoms with Crippen molar-refractivity contribution in [2.75, 3.05) is 25.5 Å². The lowest BCUT2D eigenvalue weighted by Crippen LogP contribution is -2.41. The Balaban J connectivity index is 1.78. The van der Waals surface area contributed by atoms with Crippen molar-refractivity contribution in [1.29, 1.82) is 0 Å². The number of carbonyl (C=O) groups excluding carboxylic acids is 2. The van der Waals surface area contributed by atoms with Gasteiger partial charge in [-0.3, -0.25) is 14.8 Å². The van der Waals surface area contributed by atoms with Crippen molar-refractivity contribution in [3.63, 3.8) is 0 Å². The molecule has 27 heavy (non-hydrogen) atoms. The SMILES string of the molecule is COC(=O)Nc1cc(C(=O)N2CCCC(n3nc(C)cc3C)C2)ccc1F. The van der Waals surface area contributed by atoms with Gasteiger partial charge in [-0.1, -0.05) is 0 Å². The van der Waals surface area contributed by atoms with Crippen molar-refractivity contribution < 1.29 is 18.7 Å². The van der Waals surface area contributed by atoms with Crippen molar-refractivity contribution in [3.05, 3.63) is 47.0 Å². The Bertz CT molecular complexity index is 865. The predicted molar refractivity (Wildman–Crippen MR) is 98.3 cm³/mol. The van der Waals surface area contributed by atoms with Crippen LogP contribution in [0.25, 0.3) is 0 Å². The number of hydrogen-bond acceptors (Lipinski definition) is 4.